The van der Waals surface area contributed by atoms with Gasteiger partial charge in [-0.15, -0.1) is 0 Å². The molecule has 1 N–H and O–H groups in total. The highest BCUT2D eigenvalue weighted by Crippen LogP contribution is 2.13. The van der Waals surface area contributed by atoms with Crippen LogP contribution in [0.1, 0.15) is 10.4 Å². The van der Waals surface area contributed by atoms with Gasteiger partial charge in [-0.1, -0.05) is 6.07 Å². The standard InChI is InChI=1S/C10H8NO2/c1-13-10(12)8-3-2-7-4-5-11-9(7)6-8/h2-3,5-6,11H,1H3. The van der Waals surface area contributed by atoms with E-state index < -0.39 is 0 Å². The first-order valence-electron chi connectivity index (χ1n) is 3.88. The average molecular weight is 174 g/mol. The third-order valence-electron chi connectivity index (χ3n) is 1.90. The van der Waals surface area contributed by atoms with E-state index in [-0.39, 0.29) is 5.97 Å². The highest BCUT2D eigenvalue weighted by Gasteiger charge is 2.05. The molecular formula is C10H8NO2. The number of H-pyrrole nitrogens is 1. The van der Waals surface area contributed by atoms with Gasteiger partial charge < -0.3 is 9.72 Å². The van der Waals surface area contributed by atoms with Crippen LogP contribution < -0.4 is 0 Å². The molecule has 1 heterocycles. The molecule has 0 amide bonds. The molecule has 0 unspecified atom stereocenters. The highest BCUT2D eigenvalue weighted by molar-refractivity contribution is 5.94. The van der Waals surface area contributed by atoms with Crippen LogP contribution in [0.3, 0.4) is 0 Å². The second-order valence-electron chi connectivity index (χ2n) is 2.68. The van der Waals surface area contributed by atoms with E-state index in [0.717, 1.165) is 10.9 Å². The normalized spacial score (nSPS) is 10.2. The Labute approximate surface area is 75.3 Å². The van der Waals surface area contributed by atoms with E-state index in [2.05, 4.69) is 15.8 Å². The molecule has 1 aromatic heterocycles. The van der Waals surface area contributed by atoms with Crippen molar-refractivity contribution in [2.45, 2.75) is 0 Å². The molecule has 0 atom stereocenters. The molecule has 0 aliphatic rings. The lowest BCUT2D eigenvalue weighted by atomic mass is 10.2. The smallest absolute Gasteiger partial charge is 0.337 e. The van der Waals surface area contributed by atoms with Gasteiger partial charge in [0.2, 0.25) is 0 Å². The quantitative estimate of drug-likeness (QED) is 0.669. The summed E-state index contributed by atoms with van der Waals surface area (Å²) in [4.78, 5) is 14.1. The molecule has 0 aliphatic heterocycles. The van der Waals surface area contributed by atoms with Crippen LogP contribution in [0, 0.1) is 6.07 Å². The van der Waals surface area contributed by atoms with Crippen LogP contribution in [0.4, 0.5) is 0 Å². The second kappa shape index (κ2) is 2.94. The Hall–Kier alpha value is -1.77. The molecule has 2 rings (SSSR count). The predicted octanol–water partition coefficient (Wildman–Crippen LogP) is 1.75. The third-order valence-corrected chi connectivity index (χ3v) is 1.90. The Bertz CT molecular complexity index is 445. The molecule has 3 heteroatoms. The van der Waals surface area contributed by atoms with Crippen LogP contribution >= 0.6 is 0 Å². The Kier molecular flexibility index (Phi) is 1.77. The minimum atomic E-state index is -0.323. The van der Waals surface area contributed by atoms with Crippen molar-refractivity contribution in [3.63, 3.8) is 0 Å². The topological polar surface area (TPSA) is 42.1 Å². The lowest BCUT2D eigenvalue weighted by molar-refractivity contribution is 0.0601. The Morgan fingerprint density at radius 3 is 3.15 bits per heavy atom. The molecule has 0 bridgehead atoms. The van der Waals surface area contributed by atoms with E-state index in [1.54, 1.807) is 18.3 Å². The molecule has 3 nitrogen and oxygen atoms in total. The van der Waals surface area contributed by atoms with Gasteiger partial charge in [-0.3, -0.25) is 0 Å². The summed E-state index contributed by atoms with van der Waals surface area (Å²) in [5.74, 6) is -0.323. The monoisotopic (exact) mass is 174 g/mol. The maximum atomic E-state index is 11.1. The van der Waals surface area contributed by atoms with Crippen LogP contribution in [0.2, 0.25) is 0 Å². The molecule has 0 saturated carbocycles. The average Bonchev–Trinajstić information content (AvgIpc) is 2.63. The SMILES string of the molecule is COC(=O)c1ccc2[c]c[nH]c2c1. The highest BCUT2D eigenvalue weighted by atomic mass is 16.5. The number of fused-ring (bicyclic) bond motifs is 1. The number of carbonyl (C=O) groups excluding carboxylic acids is 1. The minimum absolute atomic E-state index is 0.323. The Balaban J connectivity index is 2.54. The lowest BCUT2D eigenvalue weighted by Crippen LogP contribution is -2.00. The maximum absolute atomic E-state index is 11.1. The molecular weight excluding hydrogens is 166 g/mol. The molecule has 1 radical (unpaired) electrons. The van der Waals surface area contributed by atoms with Crippen molar-refractivity contribution >= 4 is 16.9 Å². The van der Waals surface area contributed by atoms with Gasteiger partial charge in [0.1, 0.15) is 0 Å². The molecule has 13 heavy (non-hydrogen) atoms. The van der Waals surface area contributed by atoms with E-state index in [1.807, 2.05) is 6.07 Å². The number of rotatable bonds is 1. The number of benzene rings is 1. The molecule has 2 aromatic rings. The fourth-order valence-corrected chi connectivity index (χ4v) is 1.23. The summed E-state index contributed by atoms with van der Waals surface area (Å²) in [6.45, 7) is 0. The Morgan fingerprint density at radius 1 is 1.54 bits per heavy atom. The van der Waals surface area contributed by atoms with Crippen molar-refractivity contribution in [3.8, 4) is 0 Å². The van der Waals surface area contributed by atoms with Crippen LogP contribution in [0.25, 0.3) is 10.9 Å². The van der Waals surface area contributed by atoms with E-state index in [4.69, 9.17) is 0 Å². The van der Waals surface area contributed by atoms with Gasteiger partial charge >= 0.3 is 5.97 Å². The molecule has 65 valence electrons. The number of esters is 1. The van der Waals surface area contributed by atoms with E-state index >= 15 is 0 Å². The number of ether oxygens (including phenoxy) is 1. The summed E-state index contributed by atoms with van der Waals surface area (Å²) in [5, 5.41) is 0.965. The van der Waals surface area contributed by atoms with Crippen molar-refractivity contribution in [2.24, 2.45) is 0 Å². The number of carbonyl (C=O) groups is 1. The van der Waals surface area contributed by atoms with Crippen LogP contribution in [0.15, 0.2) is 24.4 Å². The summed E-state index contributed by atoms with van der Waals surface area (Å²) in [7, 11) is 1.37. The molecule has 0 spiro atoms. The Morgan fingerprint density at radius 2 is 2.38 bits per heavy atom. The third kappa shape index (κ3) is 1.28. The summed E-state index contributed by atoms with van der Waals surface area (Å²) in [6.07, 6.45) is 1.71. The maximum Gasteiger partial charge on any atom is 0.337 e. The summed E-state index contributed by atoms with van der Waals surface area (Å²) in [6, 6.07) is 8.30. The summed E-state index contributed by atoms with van der Waals surface area (Å²) >= 11 is 0. The van der Waals surface area contributed by atoms with Gasteiger partial charge in [0.15, 0.2) is 0 Å². The zero-order chi connectivity index (χ0) is 9.26. The van der Waals surface area contributed by atoms with Gasteiger partial charge in [0.25, 0.3) is 0 Å². The van der Waals surface area contributed by atoms with Crippen LogP contribution in [-0.2, 0) is 4.74 Å². The number of aromatic nitrogens is 1. The van der Waals surface area contributed by atoms with Crippen molar-refractivity contribution in [2.75, 3.05) is 7.11 Å². The number of aromatic amines is 1. The lowest BCUT2D eigenvalue weighted by Gasteiger charge is -1.98. The van der Waals surface area contributed by atoms with Gasteiger partial charge in [0, 0.05) is 23.2 Å². The van der Waals surface area contributed by atoms with Gasteiger partial charge in [-0.25, -0.2) is 4.79 Å². The number of hydrogen-bond donors (Lipinski definition) is 1. The zero-order valence-corrected chi connectivity index (χ0v) is 7.13. The molecule has 0 fully saturated rings. The number of nitrogens with one attached hydrogen (secondary N) is 1. The number of methoxy groups -OCH3 is 1. The fourth-order valence-electron chi connectivity index (χ4n) is 1.23. The largest absolute Gasteiger partial charge is 0.465 e. The van der Waals surface area contributed by atoms with Crippen molar-refractivity contribution in [1.29, 1.82) is 0 Å². The first kappa shape index (κ1) is 7.86. The van der Waals surface area contributed by atoms with Gasteiger partial charge in [0.05, 0.1) is 12.7 Å². The van der Waals surface area contributed by atoms with E-state index in [0.29, 0.717) is 5.56 Å². The summed E-state index contributed by atoms with van der Waals surface area (Å²) in [5.41, 5.74) is 1.44. The zero-order valence-electron chi connectivity index (χ0n) is 7.13. The van der Waals surface area contributed by atoms with E-state index in [9.17, 15) is 4.79 Å². The summed E-state index contributed by atoms with van der Waals surface area (Å²) < 4.78 is 4.60. The van der Waals surface area contributed by atoms with Crippen molar-refractivity contribution in [1.82, 2.24) is 4.98 Å². The first-order chi connectivity index (χ1) is 6.31. The van der Waals surface area contributed by atoms with Gasteiger partial charge in [-0.05, 0) is 12.1 Å². The van der Waals surface area contributed by atoms with Crippen LogP contribution in [-0.4, -0.2) is 18.1 Å². The van der Waals surface area contributed by atoms with Gasteiger partial charge in [-0.2, -0.15) is 0 Å². The molecule has 0 saturated heterocycles. The van der Waals surface area contributed by atoms with Crippen molar-refractivity contribution in [3.05, 3.63) is 36.0 Å². The number of hydrogen-bond acceptors (Lipinski definition) is 2. The second-order valence-corrected chi connectivity index (χ2v) is 2.68. The van der Waals surface area contributed by atoms with Crippen molar-refractivity contribution < 1.29 is 9.53 Å². The molecule has 1 aromatic carbocycles. The predicted molar refractivity (Wildman–Crippen MR) is 48.5 cm³/mol. The first-order valence-corrected chi connectivity index (χ1v) is 3.88. The molecule has 0 aliphatic carbocycles. The van der Waals surface area contributed by atoms with Crippen LogP contribution in [0.5, 0.6) is 0 Å². The minimum Gasteiger partial charge on any atom is -0.465 e. The fraction of sp³-hybridized carbons (Fsp3) is 0.100. The van der Waals surface area contributed by atoms with E-state index in [1.165, 1.54) is 7.11 Å².